The van der Waals surface area contributed by atoms with Crippen LogP contribution < -0.4 is 5.32 Å². The van der Waals surface area contributed by atoms with Crippen LogP contribution in [0.1, 0.15) is 44.2 Å². The maximum Gasteiger partial charge on any atom is 0.287 e. The summed E-state index contributed by atoms with van der Waals surface area (Å²) in [6, 6.07) is 11.0. The van der Waals surface area contributed by atoms with Gasteiger partial charge >= 0.3 is 0 Å². The SMILES string of the molecule is CC(C)CCC(C)NC(=O)c1ccc(-c2ccccc2Cl)o1. The first-order valence-corrected chi connectivity index (χ1v) is 8.00. The monoisotopic (exact) mass is 319 g/mol. The van der Waals surface area contributed by atoms with Crippen LogP contribution >= 0.6 is 11.6 Å². The number of rotatable bonds is 6. The van der Waals surface area contributed by atoms with E-state index in [1.165, 1.54) is 0 Å². The predicted molar refractivity (Wildman–Crippen MR) is 90.2 cm³/mol. The van der Waals surface area contributed by atoms with Gasteiger partial charge in [-0.05, 0) is 49.9 Å². The minimum absolute atomic E-state index is 0.128. The molecule has 1 atom stereocenters. The molecule has 1 N–H and O–H groups in total. The van der Waals surface area contributed by atoms with Crippen molar-refractivity contribution in [3.63, 3.8) is 0 Å². The summed E-state index contributed by atoms with van der Waals surface area (Å²) in [7, 11) is 0. The Kier molecular flexibility index (Phi) is 5.67. The van der Waals surface area contributed by atoms with Crippen molar-refractivity contribution in [2.45, 2.75) is 39.7 Å². The lowest BCUT2D eigenvalue weighted by molar-refractivity contribution is 0.0910. The van der Waals surface area contributed by atoms with E-state index in [9.17, 15) is 4.79 Å². The second kappa shape index (κ2) is 7.50. The molecule has 1 heterocycles. The van der Waals surface area contributed by atoms with Crippen molar-refractivity contribution >= 4 is 17.5 Å². The number of amides is 1. The molecule has 0 aliphatic carbocycles. The van der Waals surface area contributed by atoms with E-state index in [4.69, 9.17) is 16.0 Å². The first-order valence-electron chi connectivity index (χ1n) is 7.63. The lowest BCUT2D eigenvalue weighted by Gasteiger charge is -2.14. The molecule has 1 aromatic carbocycles. The molecule has 2 aromatic rings. The van der Waals surface area contributed by atoms with Crippen LogP contribution in [0.5, 0.6) is 0 Å². The van der Waals surface area contributed by atoms with E-state index >= 15 is 0 Å². The molecule has 118 valence electrons. The van der Waals surface area contributed by atoms with E-state index in [1.807, 2.05) is 25.1 Å². The molecule has 1 aromatic heterocycles. The van der Waals surface area contributed by atoms with E-state index in [-0.39, 0.29) is 11.9 Å². The third-order valence-corrected chi connectivity index (χ3v) is 3.85. The number of nitrogens with one attached hydrogen (secondary N) is 1. The van der Waals surface area contributed by atoms with Crippen molar-refractivity contribution in [2.75, 3.05) is 0 Å². The maximum atomic E-state index is 12.2. The van der Waals surface area contributed by atoms with Crippen molar-refractivity contribution in [2.24, 2.45) is 5.92 Å². The third kappa shape index (κ3) is 4.38. The molecule has 2 rings (SSSR count). The largest absolute Gasteiger partial charge is 0.451 e. The zero-order valence-electron chi connectivity index (χ0n) is 13.2. The van der Waals surface area contributed by atoms with Crippen LogP contribution in [0, 0.1) is 5.92 Å². The topological polar surface area (TPSA) is 42.2 Å². The van der Waals surface area contributed by atoms with Crippen molar-refractivity contribution in [3.8, 4) is 11.3 Å². The lowest BCUT2D eigenvalue weighted by atomic mass is 10.0. The number of carbonyl (C=O) groups is 1. The highest BCUT2D eigenvalue weighted by atomic mass is 35.5. The summed E-state index contributed by atoms with van der Waals surface area (Å²) in [5.41, 5.74) is 0.788. The Morgan fingerprint density at radius 1 is 1.14 bits per heavy atom. The van der Waals surface area contributed by atoms with Crippen molar-refractivity contribution in [3.05, 3.63) is 47.2 Å². The molecular weight excluding hydrogens is 298 g/mol. The number of furan rings is 1. The van der Waals surface area contributed by atoms with Crippen LogP contribution in [0.15, 0.2) is 40.8 Å². The van der Waals surface area contributed by atoms with Crippen molar-refractivity contribution in [1.29, 1.82) is 0 Å². The number of hydrogen-bond acceptors (Lipinski definition) is 2. The molecule has 22 heavy (non-hydrogen) atoms. The molecule has 4 heteroatoms. The zero-order chi connectivity index (χ0) is 16.1. The van der Waals surface area contributed by atoms with Crippen LogP contribution in [-0.2, 0) is 0 Å². The van der Waals surface area contributed by atoms with Gasteiger partial charge in [0.25, 0.3) is 5.91 Å². The maximum absolute atomic E-state index is 12.2. The third-order valence-electron chi connectivity index (χ3n) is 3.52. The number of hydrogen-bond donors (Lipinski definition) is 1. The molecule has 0 saturated heterocycles. The van der Waals surface area contributed by atoms with Crippen LogP contribution in [0.4, 0.5) is 0 Å². The van der Waals surface area contributed by atoms with E-state index in [1.54, 1.807) is 18.2 Å². The first-order chi connectivity index (χ1) is 10.5. The van der Waals surface area contributed by atoms with Gasteiger partial charge in [-0.3, -0.25) is 4.79 Å². The van der Waals surface area contributed by atoms with E-state index < -0.39 is 0 Å². The normalized spacial score (nSPS) is 12.4. The molecule has 0 bridgehead atoms. The summed E-state index contributed by atoms with van der Waals surface area (Å²) in [5, 5.41) is 3.57. The summed E-state index contributed by atoms with van der Waals surface area (Å²) < 4.78 is 5.64. The minimum Gasteiger partial charge on any atom is -0.451 e. The summed E-state index contributed by atoms with van der Waals surface area (Å²) in [6.45, 7) is 6.37. The van der Waals surface area contributed by atoms with Crippen molar-refractivity contribution < 1.29 is 9.21 Å². The van der Waals surface area contributed by atoms with Gasteiger partial charge in [-0.2, -0.15) is 0 Å². The second-order valence-electron chi connectivity index (χ2n) is 5.99. The van der Waals surface area contributed by atoms with Gasteiger partial charge in [0.05, 0.1) is 5.02 Å². The van der Waals surface area contributed by atoms with Gasteiger partial charge in [0.2, 0.25) is 0 Å². The highest BCUT2D eigenvalue weighted by Crippen LogP contribution is 2.29. The molecule has 0 radical (unpaired) electrons. The molecular formula is C18H22ClNO2. The van der Waals surface area contributed by atoms with Crippen LogP contribution in [-0.4, -0.2) is 11.9 Å². The fourth-order valence-electron chi connectivity index (χ4n) is 2.22. The highest BCUT2D eigenvalue weighted by molar-refractivity contribution is 6.33. The Morgan fingerprint density at radius 3 is 2.55 bits per heavy atom. The standard InChI is InChI=1S/C18H22ClNO2/c1-12(2)8-9-13(3)20-18(21)17-11-10-16(22-17)14-6-4-5-7-15(14)19/h4-7,10-13H,8-9H2,1-3H3,(H,20,21). The second-order valence-corrected chi connectivity index (χ2v) is 6.40. The molecule has 1 unspecified atom stereocenters. The molecule has 0 fully saturated rings. The zero-order valence-corrected chi connectivity index (χ0v) is 14.0. The smallest absolute Gasteiger partial charge is 0.287 e. The fraction of sp³-hybridized carbons (Fsp3) is 0.389. The fourth-order valence-corrected chi connectivity index (χ4v) is 2.44. The average molecular weight is 320 g/mol. The Morgan fingerprint density at radius 2 is 1.86 bits per heavy atom. The molecule has 3 nitrogen and oxygen atoms in total. The van der Waals surface area contributed by atoms with Gasteiger partial charge in [-0.1, -0.05) is 37.6 Å². The highest BCUT2D eigenvalue weighted by Gasteiger charge is 2.15. The Hall–Kier alpha value is -1.74. The summed E-state index contributed by atoms with van der Waals surface area (Å²) in [6.07, 6.45) is 2.05. The molecule has 0 aliphatic heterocycles. The molecule has 0 aliphatic rings. The summed E-state index contributed by atoms with van der Waals surface area (Å²) >= 11 is 6.14. The van der Waals surface area contributed by atoms with Crippen LogP contribution in [0.2, 0.25) is 5.02 Å². The molecule has 1 amide bonds. The van der Waals surface area contributed by atoms with Gasteiger partial charge < -0.3 is 9.73 Å². The van der Waals surface area contributed by atoms with Gasteiger partial charge in [0.15, 0.2) is 5.76 Å². The van der Waals surface area contributed by atoms with E-state index in [0.29, 0.717) is 22.5 Å². The van der Waals surface area contributed by atoms with Gasteiger partial charge in [0.1, 0.15) is 5.76 Å². The van der Waals surface area contributed by atoms with Gasteiger partial charge in [0, 0.05) is 11.6 Å². The van der Waals surface area contributed by atoms with Crippen molar-refractivity contribution in [1.82, 2.24) is 5.32 Å². The number of benzene rings is 1. The first kappa shape index (κ1) is 16.6. The van der Waals surface area contributed by atoms with E-state index in [0.717, 1.165) is 18.4 Å². The predicted octanol–water partition coefficient (Wildman–Crippen LogP) is 5.15. The summed E-state index contributed by atoms with van der Waals surface area (Å²) in [5.74, 6) is 1.36. The van der Waals surface area contributed by atoms with Gasteiger partial charge in [-0.25, -0.2) is 0 Å². The summed E-state index contributed by atoms with van der Waals surface area (Å²) in [4.78, 5) is 12.2. The minimum atomic E-state index is -0.186. The number of halogens is 1. The molecule has 0 saturated carbocycles. The Balaban J connectivity index is 2.02. The quantitative estimate of drug-likeness (QED) is 0.799. The lowest BCUT2D eigenvalue weighted by Crippen LogP contribution is -2.32. The van der Waals surface area contributed by atoms with Gasteiger partial charge in [-0.15, -0.1) is 0 Å². The Bertz CT molecular complexity index is 634. The van der Waals surface area contributed by atoms with Crippen LogP contribution in [0.3, 0.4) is 0 Å². The van der Waals surface area contributed by atoms with E-state index in [2.05, 4.69) is 19.2 Å². The van der Waals surface area contributed by atoms with Crippen LogP contribution in [0.25, 0.3) is 11.3 Å². The number of carbonyl (C=O) groups excluding carboxylic acids is 1. The average Bonchev–Trinajstić information content (AvgIpc) is 2.95. The Labute approximate surface area is 136 Å². The molecule has 0 spiro atoms.